The van der Waals surface area contributed by atoms with Crippen molar-refractivity contribution in [1.82, 2.24) is 14.8 Å². The second-order valence-corrected chi connectivity index (χ2v) is 13.2. The Kier molecular flexibility index (Phi) is 13.4. The highest BCUT2D eigenvalue weighted by Gasteiger charge is 2.39. The maximum atomic E-state index is 13.9. The number of aromatic nitrogens is 1. The Morgan fingerprint density at radius 2 is 1.26 bits per heavy atom. The molecule has 2 saturated heterocycles. The lowest BCUT2D eigenvalue weighted by atomic mass is 9.84. The zero-order valence-corrected chi connectivity index (χ0v) is 29.7. The SMILES string of the molecule is Cc1cccc(C)c1C1CCN(Cc2c(C(=O)N3CCN(c4ccc(Cl)cc4)CC3)[nH]c3ccccc23)CC1.O=C(O)C(F)(F)F.O=C(O)C(F)(F)F. The molecular formula is C37H39ClF6N4O5. The molecule has 2 aliphatic rings. The summed E-state index contributed by atoms with van der Waals surface area (Å²) in [6.45, 7) is 10.4. The van der Waals surface area contributed by atoms with Gasteiger partial charge in [0.15, 0.2) is 0 Å². The van der Waals surface area contributed by atoms with Crippen LogP contribution < -0.4 is 4.90 Å². The summed E-state index contributed by atoms with van der Waals surface area (Å²) < 4.78 is 63.5. The van der Waals surface area contributed by atoms with Crippen molar-refractivity contribution < 1.29 is 50.9 Å². The van der Waals surface area contributed by atoms with Crippen molar-refractivity contribution in [2.45, 2.75) is 51.5 Å². The lowest BCUT2D eigenvalue weighted by molar-refractivity contribution is -0.193. The molecule has 2 fully saturated rings. The molecule has 0 radical (unpaired) electrons. The van der Waals surface area contributed by atoms with Crippen LogP contribution in [0.2, 0.25) is 5.02 Å². The number of nitrogens with one attached hydrogen (secondary N) is 1. The van der Waals surface area contributed by atoms with Gasteiger partial charge in [-0.25, -0.2) is 9.59 Å². The molecule has 0 atom stereocenters. The maximum absolute atomic E-state index is 13.9. The van der Waals surface area contributed by atoms with Gasteiger partial charge in [-0.1, -0.05) is 48.0 Å². The van der Waals surface area contributed by atoms with E-state index in [4.69, 9.17) is 31.4 Å². The topological polar surface area (TPSA) is 117 Å². The van der Waals surface area contributed by atoms with Gasteiger partial charge in [0.1, 0.15) is 5.69 Å². The number of carbonyl (C=O) groups is 3. The van der Waals surface area contributed by atoms with Crippen molar-refractivity contribution in [2.24, 2.45) is 0 Å². The average molecular weight is 769 g/mol. The van der Waals surface area contributed by atoms with Crippen LogP contribution in [0.4, 0.5) is 32.0 Å². The number of para-hydroxylation sites is 1. The number of alkyl halides is 6. The first-order chi connectivity index (χ1) is 24.9. The van der Waals surface area contributed by atoms with E-state index in [-0.39, 0.29) is 5.91 Å². The summed E-state index contributed by atoms with van der Waals surface area (Å²) in [6, 6.07) is 23.0. The number of carbonyl (C=O) groups excluding carboxylic acids is 1. The number of benzene rings is 3. The Balaban J connectivity index is 0.000000381. The molecule has 0 saturated carbocycles. The fraction of sp³-hybridized carbons (Fsp3) is 0.378. The van der Waals surface area contributed by atoms with Crippen molar-refractivity contribution in [3.05, 3.63) is 99.7 Å². The highest BCUT2D eigenvalue weighted by Crippen LogP contribution is 2.34. The first kappa shape index (κ1) is 41.0. The van der Waals surface area contributed by atoms with Crippen LogP contribution in [-0.4, -0.2) is 94.5 Å². The molecule has 16 heteroatoms. The van der Waals surface area contributed by atoms with Gasteiger partial charge in [0.25, 0.3) is 5.91 Å². The molecule has 6 rings (SSSR count). The summed E-state index contributed by atoms with van der Waals surface area (Å²) in [5.74, 6) is -4.79. The first-order valence-electron chi connectivity index (χ1n) is 16.6. The zero-order valence-electron chi connectivity index (χ0n) is 28.9. The van der Waals surface area contributed by atoms with Crippen LogP contribution in [0.25, 0.3) is 10.9 Å². The van der Waals surface area contributed by atoms with Crippen LogP contribution in [0.15, 0.2) is 66.7 Å². The molecule has 1 amide bonds. The zero-order chi connectivity index (χ0) is 39.1. The molecule has 0 unspecified atom stereocenters. The minimum atomic E-state index is -5.08. The fourth-order valence-corrected chi connectivity index (χ4v) is 6.73. The largest absolute Gasteiger partial charge is 0.490 e. The van der Waals surface area contributed by atoms with Gasteiger partial charge in [-0.3, -0.25) is 9.69 Å². The Hall–Kier alpha value is -4.76. The number of aromatic amines is 1. The number of nitrogens with zero attached hydrogens (tertiary/aromatic N) is 3. The van der Waals surface area contributed by atoms with E-state index in [1.54, 1.807) is 0 Å². The van der Waals surface area contributed by atoms with Gasteiger partial charge in [0.2, 0.25) is 0 Å². The van der Waals surface area contributed by atoms with E-state index in [2.05, 4.69) is 77.2 Å². The molecule has 286 valence electrons. The van der Waals surface area contributed by atoms with Gasteiger partial charge >= 0.3 is 24.3 Å². The smallest absolute Gasteiger partial charge is 0.475 e. The number of carboxylic acid groups (broad SMARTS) is 2. The number of likely N-dealkylation sites (tertiary alicyclic amines) is 1. The van der Waals surface area contributed by atoms with E-state index < -0.39 is 24.3 Å². The van der Waals surface area contributed by atoms with Gasteiger partial charge in [-0.15, -0.1) is 0 Å². The minimum absolute atomic E-state index is 0.113. The van der Waals surface area contributed by atoms with E-state index in [1.165, 1.54) is 16.7 Å². The molecule has 2 aliphatic heterocycles. The number of aryl methyl sites for hydroxylation is 2. The van der Waals surface area contributed by atoms with Crippen LogP contribution in [-0.2, 0) is 16.1 Å². The van der Waals surface area contributed by atoms with Crippen LogP contribution >= 0.6 is 11.6 Å². The van der Waals surface area contributed by atoms with Gasteiger partial charge in [0, 0.05) is 59.9 Å². The van der Waals surface area contributed by atoms with E-state index >= 15 is 0 Å². The number of hydrogen-bond acceptors (Lipinski definition) is 5. The number of piperazine rings is 1. The van der Waals surface area contributed by atoms with Crippen LogP contribution in [0.1, 0.15) is 51.5 Å². The number of carboxylic acids is 2. The molecule has 53 heavy (non-hydrogen) atoms. The van der Waals surface area contributed by atoms with E-state index in [0.29, 0.717) is 19.0 Å². The summed E-state index contributed by atoms with van der Waals surface area (Å²) >= 11 is 6.07. The normalized spacial score (nSPS) is 15.6. The summed E-state index contributed by atoms with van der Waals surface area (Å²) in [5, 5.41) is 16.2. The number of anilines is 1. The third kappa shape index (κ3) is 10.9. The lowest BCUT2D eigenvalue weighted by Gasteiger charge is -2.36. The Labute approximate surface area is 306 Å². The van der Waals surface area contributed by atoms with Crippen LogP contribution in [0, 0.1) is 13.8 Å². The second-order valence-electron chi connectivity index (χ2n) is 12.7. The number of halogens is 7. The van der Waals surface area contributed by atoms with E-state index in [9.17, 15) is 31.1 Å². The quantitative estimate of drug-likeness (QED) is 0.176. The van der Waals surface area contributed by atoms with Crippen LogP contribution in [0.3, 0.4) is 0 Å². The number of fused-ring (bicyclic) bond motifs is 1. The third-order valence-corrected chi connectivity index (χ3v) is 9.44. The monoisotopic (exact) mass is 768 g/mol. The molecular weight excluding hydrogens is 730 g/mol. The van der Waals surface area contributed by atoms with Crippen LogP contribution in [0.5, 0.6) is 0 Å². The standard InChI is InChI=1S/C33H37ClN4O.2C2HF3O2/c1-23-6-5-7-24(2)31(23)25-14-16-36(17-15-25)22-29-28-8-3-4-9-30(28)35-32(29)33(39)38-20-18-37(19-21-38)27-12-10-26(34)11-13-27;2*3-2(4,5)1(6)7/h3-13,25,35H,14-22H2,1-2H3;2*(H,6,7). The molecule has 3 heterocycles. The number of rotatable bonds is 5. The molecule has 1 aromatic heterocycles. The number of aliphatic carboxylic acids is 2. The van der Waals surface area contributed by atoms with Crippen molar-refractivity contribution >= 4 is 46.0 Å². The number of hydrogen-bond donors (Lipinski definition) is 3. The molecule has 4 aromatic rings. The van der Waals surface area contributed by atoms with Crippen molar-refractivity contribution in [3.63, 3.8) is 0 Å². The summed E-state index contributed by atoms with van der Waals surface area (Å²) in [6.07, 6.45) is -7.85. The molecule has 3 N–H and O–H groups in total. The average Bonchev–Trinajstić information content (AvgIpc) is 3.47. The number of piperidine rings is 1. The first-order valence-corrected chi connectivity index (χ1v) is 17.0. The van der Waals surface area contributed by atoms with Crippen molar-refractivity contribution in [3.8, 4) is 0 Å². The Bertz CT molecular complexity index is 1840. The predicted octanol–water partition coefficient (Wildman–Crippen LogP) is 8.05. The van der Waals surface area contributed by atoms with Crippen molar-refractivity contribution in [1.29, 1.82) is 0 Å². The number of amides is 1. The molecule has 9 nitrogen and oxygen atoms in total. The van der Waals surface area contributed by atoms with Gasteiger partial charge in [0.05, 0.1) is 0 Å². The third-order valence-electron chi connectivity index (χ3n) is 9.19. The fourth-order valence-electron chi connectivity index (χ4n) is 6.60. The molecule has 0 aliphatic carbocycles. The van der Waals surface area contributed by atoms with E-state index in [0.717, 1.165) is 78.4 Å². The van der Waals surface area contributed by atoms with Gasteiger partial charge in [-0.2, -0.15) is 26.3 Å². The number of H-pyrrole nitrogens is 1. The maximum Gasteiger partial charge on any atom is 0.490 e. The summed E-state index contributed by atoms with van der Waals surface area (Å²) in [7, 11) is 0. The molecule has 0 spiro atoms. The van der Waals surface area contributed by atoms with E-state index in [1.807, 2.05) is 23.1 Å². The van der Waals surface area contributed by atoms with Gasteiger partial charge in [-0.05, 0) is 92.7 Å². The Morgan fingerprint density at radius 1 is 0.755 bits per heavy atom. The highest BCUT2D eigenvalue weighted by atomic mass is 35.5. The lowest BCUT2D eigenvalue weighted by Crippen LogP contribution is -2.49. The van der Waals surface area contributed by atoms with Crippen molar-refractivity contribution in [2.75, 3.05) is 44.2 Å². The Morgan fingerprint density at radius 3 is 1.77 bits per heavy atom. The summed E-state index contributed by atoms with van der Waals surface area (Å²) in [4.78, 5) is 42.0. The predicted molar refractivity (Wildman–Crippen MR) is 188 cm³/mol. The highest BCUT2D eigenvalue weighted by molar-refractivity contribution is 6.30. The molecule has 3 aromatic carbocycles. The summed E-state index contributed by atoms with van der Waals surface area (Å²) in [5.41, 5.74) is 8.46. The molecule has 0 bridgehead atoms. The second kappa shape index (κ2) is 17.4. The van der Waals surface area contributed by atoms with Gasteiger partial charge < -0.3 is 25.0 Å². The minimum Gasteiger partial charge on any atom is -0.475 e.